The van der Waals surface area contributed by atoms with E-state index in [1.54, 1.807) is 0 Å². The van der Waals surface area contributed by atoms with Gasteiger partial charge in [-0.1, -0.05) is 0 Å². The summed E-state index contributed by atoms with van der Waals surface area (Å²) in [6.07, 6.45) is 4.28. The summed E-state index contributed by atoms with van der Waals surface area (Å²) in [5.41, 5.74) is 5.83. The number of rotatable bonds is 4. The number of hydrogen-bond donors (Lipinski definition) is 2. The molecular formula is C10H22N2O. The van der Waals surface area contributed by atoms with E-state index in [2.05, 4.69) is 11.8 Å². The van der Waals surface area contributed by atoms with Gasteiger partial charge < -0.3 is 15.7 Å². The van der Waals surface area contributed by atoms with Crippen molar-refractivity contribution in [2.45, 2.75) is 44.7 Å². The standard InChI is InChI=1S/C10H22N2O/c1-9(3-2-8-13)12-6-4-10(11)5-7-12/h9-10,13H,2-8,11H2,1H3/t9-/m1/s1. The fourth-order valence-corrected chi connectivity index (χ4v) is 1.93. The third-order valence-electron chi connectivity index (χ3n) is 2.98. The molecule has 0 bridgehead atoms. The van der Waals surface area contributed by atoms with Crippen molar-refractivity contribution in [1.29, 1.82) is 0 Å². The fourth-order valence-electron chi connectivity index (χ4n) is 1.93. The van der Waals surface area contributed by atoms with Gasteiger partial charge >= 0.3 is 0 Å². The highest BCUT2D eigenvalue weighted by Gasteiger charge is 2.19. The second-order valence-electron chi connectivity index (χ2n) is 4.09. The second kappa shape index (κ2) is 5.58. The highest BCUT2D eigenvalue weighted by atomic mass is 16.2. The normalized spacial score (nSPS) is 23.3. The molecule has 1 rings (SSSR count). The van der Waals surface area contributed by atoms with Gasteiger partial charge in [-0.15, -0.1) is 0 Å². The zero-order valence-corrected chi connectivity index (χ0v) is 8.58. The molecule has 1 aliphatic heterocycles. The molecule has 1 heterocycles. The minimum absolute atomic E-state index is 0.317. The van der Waals surface area contributed by atoms with Crippen LogP contribution in [0.2, 0.25) is 0 Å². The molecule has 3 heteroatoms. The molecule has 1 saturated heterocycles. The van der Waals surface area contributed by atoms with Crippen molar-refractivity contribution in [3.05, 3.63) is 0 Å². The van der Waals surface area contributed by atoms with Crippen LogP contribution in [0, 0.1) is 0 Å². The summed E-state index contributed by atoms with van der Waals surface area (Å²) in [7, 11) is 0. The predicted molar refractivity (Wildman–Crippen MR) is 54.6 cm³/mol. The average molecular weight is 186 g/mol. The van der Waals surface area contributed by atoms with E-state index in [9.17, 15) is 0 Å². The first kappa shape index (κ1) is 11.0. The number of piperidine rings is 1. The Hall–Kier alpha value is -0.120. The largest absolute Gasteiger partial charge is 0.396 e. The first-order valence-electron chi connectivity index (χ1n) is 5.34. The molecule has 0 aromatic heterocycles. The molecule has 0 aliphatic carbocycles. The van der Waals surface area contributed by atoms with E-state index >= 15 is 0 Å². The van der Waals surface area contributed by atoms with Gasteiger partial charge in [-0.25, -0.2) is 0 Å². The molecule has 0 aromatic carbocycles. The third-order valence-corrected chi connectivity index (χ3v) is 2.98. The molecule has 0 saturated carbocycles. The smallest absolute Gasteiger partial charge is 0.0431 e. The van der Waals surface area contributed by atoms with Crippen LogP contribution in [0.3, 0.4) is 0 Å². The van der Waals surface area contributed by atoms with Gasteiger partial charge in [0.25, 0.3) is 0 Å². The third kappa shape index (κ3) is 3.63. The highest BCUT2D eigenvalue weighted by molar-refractivity contribution is 4.77. The summed E-state index contributed by atoms with van der Waals surface area (Å²) < 4.78 is 0. The van der Waals surface area contributed by atoms with E-state index in [1.807, 2.05) is 0 Å². The van der Waals surface area contributed by atoms with E-state index < -0.39 is 0 Å². The van der Waals surface area contributed by atoms with E-state index in [1.165, 1.54) is 0 Å². The molecule has 0 radical (unpaired) electrons. The molecule has 1 fully saturated rings. The SMILES string of the molecule is C[C@H](CCCO)N1CCC(N)CC1. The maximum absolute atomic E-state index is 8.72. The van der Waals surface area contributed by atoms with Gasteiger partial charge in [0.15, 0.2) is 0 Å². The fraction of sp³-hybridized carbons (Fsp3) is 1.00. The van der Waals surface area contributed by atoms with Crippen LogP contribution in [-0.2, 0) is 0 Å². The van der Waals surface area contributed by atoms with E-state index in [4.69, 9.17) is 10.8 Å². The van der Waals surface area contributed by atoms with Gasteiger partial charge in [-0.3, -0.25) is 0 Å². The molecule has 0 amide bonds. The average Bonchev–Trinajstić information content (AvgIpc) is 2.15. The van der Waals surface area contributed by atoms with Crippen molar-refractivity contribution >= 4 is 0 Å². The number of likely N-dealkylation sites (tertiary alicyclic amines) is 1. The molecule has 0 unspecified atom stereocenters. The van der Waals surface area contributed by atoms with E-state index in [0.29, 0.717) is 18.7 Å². The Bertz CT molecular complexity index is 133. The lowest BCUT2D eigenvalue weighted by molar-refractivity contribution is 0.147. The lowest BCUT2D eigenvalue weighted by atomic mass is 10.0. The van der Waals surface area contributed by atoms with Crippen LogP contribution in [0.5, 0.6) is 0 Å². The molecule has 0 spiro atoms. The van der Waals surface area contributed by atoms with Crippen molar-refractivity contribution in [1.82, 2.24) is 4.90 Å². The van der Waals surface area contributed by atoms with Crippen molar-refractivity contribution in [3.8, 4) is 0 Å². The lowest BCUT2D eigenvalue weighted by Crippen LogP contribution is -2.43. The molecular weight excluding hydrogens is 164 g/mol. The Morgan fingerprint density at radius 2 is 2.08 bits per heavy atom. The number of nitrogens with zero attached hydrogens (tertiary/aromatic N) is 1. The van der Waals surface area contributed by atoms with Crippen LogP contribution < -0.4 is 5.73 Å². The van der Waals surface area contributed by atoms with Crippen LogP contribution in [0.1, 0.15) is 32.6 Å². The minimum Gasteiger partial charge on any atom is -0.396 e. The van der Waals surface area contributed by atoms with Crippen molar-refractivity contribution < 1.29 is 5.11 Å². The predicted octanol–water partition coefficient (Wildman–Crippen LogP) is 0.570. The molecule has 1 atom stereocenters. The maximum atomic E-state index is 8.72. The second-order valence-corrected chi connectivity index (χ2v) is 4.09. The molecule has 13 heavy (non-hydrogen) atoms. The molecule has 78 valence electrons. The summed E-state index contributed by atoms with van der Waals surface area (Å²) in [6, 6.07) is 1.03. The van der Waals surface area contributed by atoms with Gasteiger partial charge in [0.2, 0.25) is 0 Å². The van der Waals surface area contributed by atoms with Crippen molar-refractivity contribution in [3.63, 3.8) is 0 Å². The van der Waals surface area contributed by atoms with Gasteiger partial charge in [0.05, 0.1) is 0 Å². The van der Waals surface area contributed by atoms with E-state index in [0.717, 1.165) is 38.8 Å². The van der Waals surface area contributed by atoms with Gasteiger partial charge in [0, 0.05) is 18.7 Å². The molecule has 3 N–H and O–H groups in total. The van der Waals surface area contributed by atoms with Gasteiger partial charge in [-0.2, -0.15) is 0 Å². The van der Waals surface area contributed by atoms with Crippen molar-refractivity contribution in [2.24, 2.45) is 5.73 Å². The van der Waals surface area contributed by atoms with Crippen LogP contribution >= 0.6 is 0 Å². The lowest BCUT2D eigenvalue weighted by Gasteiger charge is -2.34. The maximum Gasteiger partial charge on any atom is 0.0431 e. The molecule has 3 nitrogen and oxygen atoms in total. The summed E-state index contributed by atoms with van der Waals surface area (Å²) in [5, 5.41) is 8.72. The Labute approximate surface area is 80.9 Å². The Kier molecular flexibility index (Phi) is 4.70. The summed E-state index contributed by atoms with van der Waals surface area (Å²) in [5.74, 6) is 0. The van der Waals surface area contributed by atoms with Crippen LogP contribution in [0.4, 0.5) is 0 Å². The van der Waals surface area contributed by atoms with Gasteiger partial charge in [0.1, 0.15) is 0 Å². The zero-order chi connectivity index (χ0) is 9.68. The summed E-state index contributed by atoms with van der Waals surface area (Å²) in [4.78, 5) is 2.49. The monoisotopic (exact) mass is 186 g/mol. The highest BCUT2D eigenvalue weighted by Crippen LogP contribution is 2.14. The Morgan fingerprint density at radius 3 is 2.62 bits per heavy atom. The zero-order valence-electron chi connectivity index (χ0n) is 8.58. The number of nitrogens with two attached hydrogens (primary N) is 1. The number of aliphatic hydroxyl groups is 1. The quantitative estimate of drug-likeness (QED) is 0.675. The van der Waals surface area contributed by atoms with Crippen molar-refractivity contribution in [2.75, 3.05) is 19.7 Å². The van der Waals surface area contributed by atoms with Crippen LogP contribution in [0.15, 0.2) is 0 Å². The topological polar surface area (TPSA) is 49.5 Å². The minimum atomic E-state index is 0.317. The summed E-state index contributed by atoms with van der Waals surface area (Å²) in [6.45, 7) is 4.83. The van der Waals surface area contributed by atoms with Crippen LogP contribution in [-0.4, -0.2) is 41.8 Å². The Balaban J connectivity index is 2.19. The molecule has 1 aliphatic rings. The van der Waals surface area contributed by atoms with E-state index in [-0.39, 0.29) is 0 Å². The first-order valence-corrected chi connectivity index (χ1v) is 5.34. The summed E-state index contributed by atoms with van der Waals surface area (Å²) >= 11 is 0. The van der Waals surface area contributed by atoms with Crippen LogP contribution in [0.25, 0.3) is 0 Å². The number of hydrogen-bond acceptors (Lipinski definition) is 3. The van der Waals surface area contributed by atoms with Gasteiger partial charge in [-0.05, 0) is 45.7 Å². The molecule has 0 aromatic rings. The first-order chi connectivity index (χ1) is 6.24. The Morgan fingerprint density at radius 1 is 1.46 bits per heavy atom. The number of aliphatic hydroxyl groups excluding tert-OH is 1.